The fraction of sp³-hybridized carbons (Fsp3) is 0.500. The van der Waals surface area contributed by atoms with Gasteiger partial charge in [-0.25, -0.2) is 9.59 Å². The molecular formula is C20H24Na2O18. The van der Waals surface area contributed by atoms with Crippen LogP contribution < -0.4 is 0 Å². The Kier molecular flexibility index (Phi) is 19.2. The van der Waals surface area contributed by atoms with Crippen molar-refractivity contribution >= 4 is 119 Å². The van der Waals surface area contributed by atoms with E-state index in [0.717, 1.165) is 13.8 Å². The summed E-state index contributed by atoms with van der Waals surface area (Å²) < 4.78 is 17.4. The maximum absolute atomic E-state index is 12.2. The van der Waals surface area contributed by atoms with Gasteiger partial charge in [0.25, 0.3) is 0 Å². The third kappa shape index (κ3) is 15.0. The van der Waals surface area contributed by atoms with Crippen LogP contribution in [0, 0.1) is 0 Å². The molecule has 0 aromatic carbocycles. The summed E-state index contributed by atoms with van der Waals surface area (Å²) in [5.41, 5.74) is -6.16. The molecule has 0 saturated heterocycles. The van der Waals surface area contributed by atoms with Crippen molar-refractivity contribution in [2.45, 2.75) is 63.6 Å². The van der Waals surface area contributed by atoms with E-state index in [9.17, 15) is 58.2 Å². The molecule has 214 valence electrons. The van der Waals surface area contributed by atoms with Crippen molar-refractivity contribution in [2.75, 3.05) is 0 Å². The summed E-state index contributed by atoms with van der Waals surface area (Å²) in [5.74, 6) is -16.7. The molecule has 4 N–H and O–H groups in total. The van der Waals surface area contributed by atoms with E-state index >= 15 is 0 Å². The topological polar surface area (TPSA) is 289 Å². The zero-order valence-electron chi connectivity index (χ0n) is 19.7. The van der Waals surface area contributed by atoms with Crippen molar-refractivity contribution in [1.29, 1.82) is 0 Å². The van der Waals surface area contributed by atoms with Crippen molar-refractivity contribution in [1.82, 2.24) is 0 Å². The molecule has 2 unspecified atom stereocenters. The number of rotatable bonds is 15. The predicted molar refractivity (Wildman–Crippen MR) is 124 cm³/mol. The maximum atomic E-state index is 12.2. The zero-order valence-corrected chi connectivity index (χ0v) is 19.7. The summed E-state index contributed by atoms with van der Waals surface area (Å²) in [6, 6.07) is 0. The summed E-state index contributed by atoms with van der Waals surface area (Å²) in [7, 11) is 0. The summed E-state index contributed by atoms with van der Waals surface area (Å²) in [4.78, 5) is 115. The fourth-order valence-electron chi connectivity index (χ4n) is 2.75. The molecule has 0 fully saturated rings. The van der Waals surface area contributed by atoms with Crippen LogP contribution in [0.5, 0.6) is 0 Å². The van der Waals surface area contributed by atoms with Crippen LogP contribution in [0.15, 0.2) is 0 Å². The van der Waals surface area contributed by atoms with Crippen LogP contribution in [-0.4, -0.2) is 150 Å². The Bertz CT molecular complexity index is 970. The second-order valence-corrected chi connectivity index (χ2v) is 7.47. The van der Waals surface area contributed by atoms with E-state index in [4.69, 9.17) is 10.2 Å². The summed E-state index contributed by atoms with van der Waals surface area (Å²) >= 11 is 0. The first-order valence-corrected chi connectivity index (χ1v) is 10.1. The first-order chi connectivity index (χ1) is 17.3. The summed E-state index contributed by atoms with van der Waals surface area (Å²) in [6.45, 7) is 1.55. The molecule has 0 aliphatic carbocycles. The first-order valence-electron chi connectivity index (χ1n) is 10.1. The average Bonchev–Trinajstić information content (AvgIpc) is 2.69. The van der Waals surface area contributed by atoms with E-state index in [0.29, 0.717) is 0 Å². The quantitative estimate of drug-likeness (QED) is 0.0636. The van der Waals surface area contributed by atoms with Gasteiger partial charge in [-0.05, 0) is 0 Å². The van der Waals surface area contributed by atoms with Gasteiger partial charge < -0.3 is 39.4 Å². The van der Waals surface area contributed by atoms with Gasteiger partial charge in [0.2, 0.25) is 11.2 Å². The first kappa shape index (κ1) is 41.6. The van der Waals surface area contributed by atoms with Crippen molar-refractivity contribution < 1.29 is 87.3 Å². The molecule has 18 nitrogen and oxygen atoms in total. The Morgan fingerprint density at radius 1 is 0.500 bits per heavy atom. The van der Waals surface area contributed by atoms with Gasteiger partial charge >= 0.3 is 119 Å². The SMILES string of the molecule is CC(=O)OC(=O)CC(CC(=O)O)(OC(=O)CCC(=O)OC(CC(=O)O)(CC(=O)OC(C)=O)C(=O)O)C(=O)O.[NaH].[NaH]. The number of carbonyl (C=O) groups is 10. The van der Waals surface area contributed by atoms with E-state index < -0.39 is 109 Å². The number of aliphatic carboxylic acids is 4. The minimum absolute atomic E-state index is 0. The van der Waals surface area contributed by atoms with E-state index in [2.05, 4.69) is 18.9 Å². The van der Waals surface area contributed by atoms with Crippen molar-refractivity contribution in [3.8, 4) is 0 Å². The molecule has 0 bridgehead atoms. The summed E-state index contributed by atoms with van der Waals surface area (Å²) in [6.07, 6.45) is -8.05. The number of ether oxygens (including phenoxy) is 4. The Morgan fingerprint density at radius 2 is 0.775 bits per heavy atom. The van der Waals surface area contributed by atoms with Crippen LogP contribution in [-0.2, 0) is 66.9 Å². The van der Waals surface area contributed by atoms with E-state index in [1.54, 1.807) is 0 Å². The minimum atomic E-state index is -3.08. The Morgan fingerprint density at radius 3 is 0.975 bits per heavy atom. The molecule has 20 heteroatoms. The number of hydrogen-bond acceptors (Lipinski definition) is 14. The number of hydrogen-bond donors (Lipinski definition) is 4. The van der Waals surface area contributed by atoms with Gasteiger partial charge in [-0.3, -0.25) is 38.4 Å². The van der Waals surface area contributed by atoms with E-state index in [1.165, 1.54) is 0 Å². The van der Waals surface area contributed by atoms with Crippen LogP contribution >= 0.6 is 0 Å². The number of carbonyl (C=O) groups excluding carboxylic acids is 6. The van der Waals surface area contributed by atoms with Gasteiger partial charge in [0.1, 0.15) is 0 Å². The number of esters is 6. The number of carboxylic acid groups (broad SMARTS) is 4. The van der Waals surface area contributed by atoms with Crippen molar-refractivity contribution in [3.05, 3.63) is 0 Å². The molecule has 0 aromatic rings. The van der Waals surface area contributed by atoms with Crippen LogP contribution in [0.25, 0.3) is 0 Å². The third-order valence-corrected chi connectivity index (χ3v) is 4.18. The second kappa shape index (κ2) is 18.4. The average molecular weight is 598 g/mol. The molecule has 0 spiro atoms. The predicted octanol–water partition coefficient (Wildman–Crippen LogP) is -2.89. The Labute approximate surface area is 268 Å². The number of carboxylic acids is 4. The van der Waals surface area contributed by atoms with Gasteiger partial charge in [0.15, 0.2) is 0 Å². The van der Waals surface area contributed by atoms with Gasteiger partial charge in [-0.1, -0.05) is 0 Å². The monoisotopic (exact) mass is 598 g/mol. The Hall–Kier alpha value is -2.90. The fourth-order valence-corrected chi connectivity index (χ4v) is 2.75. The van der Waals surface area contributed by atoms with Crippen LogP contribution in [0.1, 0.15) is 52.4 Å². The molecule has 0 radical (unpaired) electrons. The molecule has 0 rings (SSSR count). The second-order valence-electron chi connectivity index (χ2n) is 7.47. The Balaban J connectivity index is -0.00000684. The molecule has 0 aromatic heterocycles. The van der Waals surface area contributed by atoms with Gasteiger partial charge in [0.05, 0.1) is 38.5 Å². The van der Waals surface area contributed by atoms with Crippen LogP contribution in [0.3, 0.4) is 0 Å². The molecule has 0 aliphatic rings. The molecule has 0 amide bonds. The van der Waals surface area contributed by atoms with E-state index in [-0.39, 0.29) is 59.1 Å². The molecule has 0 saturated carbocycles. The normalized spacial score (nSPS) is 12.8. The molecule has 40 heavy (non-hydrogen) atoms. The zero-order chi connectivity index (χ0) is 29.8. The molecule has 0 heterocycles. The van der Waals surface area contributed by atoms with Crippen LogP contribution in [0.4, 0.5) is 0 Å². The van der Waals surface area contributed by atoms with Crippen LogP contribution in [0.2, 0.25) is 0 Å². The third-order valence-electron chi connectivity index (χ3n) is 4.18. The van der Waals surface area contributed by atoms with Crippen molar-refractivity contribution in [2.24, 2.45) is 0 Å². The molecular weight excluding hydrogens is 574 g/mol. The van der Waals surface area contributed by atoms with Gasteiger partial charge in [-0.15, -0.1) is 0 Å². The summed E-state index contributed by atoms with van der Waals surface area (Å²) in [5, 5.41) is 36.8. The van der Waals surface area contributed by atoms with Crippen molar-refractivity contribution in [3.63, 3.8) is 0 Å². The van der Waals surface area contributed by atoms with E-state index in [1.807, 2.05) is 0 Å². The van der Waals surface area contributed by atoms with Gasteiger partial charge in [-0.2, -0.15) is 0 Å². The molecule has 2 atom stereocenters. The standard InChI is InChI=1S/C20H22O18.2Na.2H/c1-9(21)35-15(29)7-19(17(31)32,5-11(23)24)37-13(27)3-4-14(28)38-20(18(33)34,6-12(25)26)8-16(30)36-10(2)22;;;;/h3-8H2,1-2H3,(H,23,24)(H,25,26)(H,31,32)(H,33,34);;;;. The van der Waals surface area contributed by atoms with Gasteiger partial charge in [0, 0.05) is 13.8 Å². The molecule has 0 aliphatic heterocycles.